The van der Waals surface area contributed by atoms with Crippen LogP contribution >= 0.6 is 0 Å². The van der Waals surface area contributed by atoms with Crippen molar-refractivity contribution in [2.24, 2.45) is 11.8 Å². The molecule has 8 heteroatoms. The third-order valence-electron chi connectivity index (χ3n) is 6.87. The highest BCUT2D eigenvalue weighted by atomic mass is 16.5. The first kappa shape index (κ1) is 23.3. The number of nitrogens with one attached hydrogen (secondary N) is 2. The summed E-state index contributed by atoms with van der Waals surface area (Å²) in [5.41, 5.74) is 1.65. The molecule has 4 rings (SSSR count). The second-order valence-corrected chi connectivity index (χ2v) is 9.24. The number of piperidine rings is 1. The Morgan fingerprint density at radius 1 is 1.15 bits per heavy atom. The molecule has 1 saturated carbocycles. The van der Waals surface area contributed by atoms with E-state index in [1.54, 1.807) is 0 Å². The first-order valence-corrected chi connectivity index (χ1v) is 12.3. The molecule has 2 N–H and O–H groups in total. The number of amides is 1. The van der Waals surface area contributed by atoms with Crippen LogP contribution in [-0.4, -0.2) is 51.7 Å². The molecule has 2 aromatic rings. The highest BCUT2D eigenvalue weighted by Gasteiger charge is 2.37. The predicted octanol–water partition coefficient (Wildman–Crippen LogP) is 4.32. The van der Waals surface area contributed by atoms with Crippen molar-refractivity contribution in [3.8, 4) is 0 Å². The topological polar surface area (TPSA) is 100 Å². The molecule has 2 aliphatic rings. The molecule has 2 fully saturated rings. The van der Waals surface area contributed by atoms with Crippen LogP contribution in [0.1, 0.15) is 69.2 Å². The fourth-order valence-corrected chi connectivity index (χ4v) is 5.16. The molecule has 0 spiro atoms. The Morgan fingerprint density at radius 3 is 2.58 bits per heavy atom. The van der Waals surface area contributed by atoms with Crippen molar-refractivity contribution in [3.05, 3.63) is 35.7 Å². The van der Waals surface area contributed by atoms with Gasteiger partial charge in [0.25, 0.3) is 0 Å². The van der Waals surface area contributed by atoms with Gasteiger partial charge in [0.15, 0.2) is 5.82 Å². The lowest BCUT2D eigenvalue weighted by Gasteiger charge is -2.37. The minimum Gasteiger partial charge on any atom is -0.465 e. The summed E-state index contributed by atoms with van der Waals surface area (Å²) >= 11 is 0. The van der Waals surface area contributed by atoms with Gasteiger partial charge in [0.2, 0.25) is 5.91 Å². The maximum atomic E-state index is 13.0. The molecule has 1 saturated heterocycles. The van der Waals surface area contributed by atoms with Crippen LogP contribution < -0.4 is 5.32 Å². The van der Waals surface area contributed by atoms with Crippen LogP contribution in [0.3, 0.4) is 0 Å². The molecule has 8 nitrogen and oxygen atoms in total. The van der Waals surface area contributed by atoms with Gasteiger partial charge in [-0.25, -0.2) is 4.98 Å². The first-order valence-electron chi connectivity index (χ1n) is 12.3. The normalized spacial score (nSPS) is 18.7. The lowest BCUT2D eigenvalue weighted by molar-refractivity contribution is -0.147. The van der Waals surface area contributed by atoms with Gasteiger partial charge >= 0.3 is 5.97 Å². The van der Waals surface area contributed by atoms with Crippen molar-refractivity contribution < 1.29 is 14.3 Å². The van der Waals surface area contributed by atoms with Crippen LogP contribution in [0.5, 0.6) is 0 Å². The summed E-state index contributed by atoms with van der Waals surface area (Å²) in [6, 6.07) is 7.55. The third kappa shape index (κ3) is 5.72. The Bertz CT molecular complexity index is 945. The zero-order chi connectivity index (χ0) is 23.2. The van der Waals surface area contributed by atoms with Crippen LogP contribution in [0.15, 0.2) is 24.3 Å². The molecule has 3 heterocycles. The van der Waals surface area contributed by atoms with Crippen molar-refractivity contribution in [2.45, 2.75) is 64.7 Å². The molecule has 0 radical (unpaired) electrons. The molecule has 33 heavy (non-hydrogen) atoms. The molecule has 1 aliphatic heterocycles. The van der Waals surface area contributed by atoms with Crippen molar-refractivity contribution in [2.75, 3.05) is 25.0 Å². The van der Waals surface area contributed by atoms with Gasteiger partial charge < -0.3 is 15.0 Å². The number of likely N-dealkylation sites (tertiary alicyclic amines) is 1. The number of hydrogen-bond donors (Lipinski definition) is 2. The fourth-order valence-electron chi connectivity index (χ4n) is 5.16. The van der Waals surface area contributed by atoms with E-state index in [-0.39, 0.29) is 17.8 Å². The summed E-state index contributed by atoms with van der Waals surface area (Å²) in [6.45, 7) is 5.48. The highest BCUT2D eigenvalue weighted by molar-refractivity contribution is 5.80. The van der Waals surface area contributed by atoms with E-state index in [0.717, 1.165) is 44.2 Å². The molecular weight excluding hydrogens is 418 g/mol. The number of carbonyl (C=O) groups excluding carboxylic acids is 2. The number of rotatable bonds is 7. The monoisotopic (exact) mass is 453 g/mol. The Hall–Kier alpha value is -2.90. The average molecular weight is 454 g/mol. The van der Waals surface area contributed by atoms with E-state index in [1.165, 1.54) is 6.42 Å². The van der Waals surface area contributed by atoms with Crippen LogP contribution in [0.2, 0.25) is 0 Å². The van der Waals surface area contributed by atoms with Gasteiger partial charge in [-0.15, -0.1) is 0 Å². The van der Waals surface area contributed by atoms with Crippen LogP contribution in [-0.2, 0) is 14.3 Å². The molecule has 1 atom stereocenters. The van der Waals surface area contributed by atoms with Gasteiger partial charge in [-0.3, -0.25) is 14.7 Å². The van der Waals surface area contributed by atoms with Gasteiger partial charge in [0, 0.05) is 30.8 Å². The molecule has 0 bridgehead atoms. The second kappa shape index (κ2) is 10.8. The van der Waals surface area contributed by atoms with Gasteiger partial charge in [-0.2, -0.15) is 5.10 Å². The van der Waals surface area contributed by atoms with E-state index in [0.29, 0.717) is 42.9 Å². The molecule has 0 unspecified atom stereocenters. The molecule has 178 valence electrons. The Kier molecular flexibility index (Phi) is 7.62. The van der Waals surface area contributed by atoms with Gasteiger partial charge in [0.1, 0.15) is 11.7 Å². The number of anilines is 2. The largest absolute Gasteiger partial charge is 0.465 e. The molecule has 1 aliphatic carbocycles. The van der Waals surface area contributed by atoms with E-state index < -0.39 is 5.92 Å². The molecule has 2 aromatic heterocycles. The second-order valence-electron chi connectivity index (χ2n) is 9.24. The minimum atomic E-state index is -0.445. The summed E-state index contributed by atoms with van der Waals surface area (Å²) in [7, 11) is 0. The molecular formula is C25H35N5O3. The number of pyridine rings is 1. The predicted molar refractivity (Wildman–Crippen MR) is 126 cm³/mol. The number of nitrogens with zero attached hydrogens (tertiary/aromatic N) is 3. The lowest BCUT2D eigenvalue weighted by atomic mass is 9.81. The summed E-state index contributed by atoms with van der Waals surface area (Å²) < 4.78 is 5.45. The summed E-state index contributed by atoms with van der Waals surface area (Å²) in [4.78, 5) is 32.7. The molecule has 0 aromatic carbocycles. The maximum Gasteiger partial charge on any atom is 0.315 e. The van der Waals surface area contributed by atoms with E-state index in [2.05, 4.69) is 15.5 Å². The first-order chi connectivity index (χ1) is 16.0. The van der Waals surface area contributed by atoms with E-state index in [9.17, 15) is 9.59 Å². The molecule has 1 amide bonds. The van der Waals surface area contributed by atoms with Gasteiger partial charge in [-0.1, -0.05) is 25.3 Å². The van der Waals surface area contributed by atoms with E-state index >= 15 is 0 Å². The number of aromatic nitrogens is 3. The quantitative estimate of drug-likeness (QED) is 0.606. The summed E-state index contributed by atoms with van der Waals surface area (Å²) in [5.74, 6) is 1.22. The van der Waals surface area contributed by atoms with Gasteiger partial charge in [-0.05, 0) is 57.6 Å². The number of esters is 1. The zero-order valence-electron chi connectivity index (χ0n) is 19.7. The summed E-state index contributed by atoms with van der Waals surface area (Å²) in [5, 5.41) is 10.3. The number of aromatic amines is 1. The standard InChI is InChI=1S/C25H35N5O3/c1-3-33-25(32)23(20-10-7-11-21(26-20)27-22-16-17(2)28-29-22)18-12-14-30(15-13-18)24(31)19-8-5-4-6-9-19/h7,10-11,16,18-19,23H,3-6,8-9,12-15H2,1-2H3,(H2,26,27,28,29)/t23-/m0/s1. The van der Waals surface area contributed by atoms with Crippen molar-refractivity contribution in [3.63, 3.8) is 0 Å². The number of hydrogen-bond acceptors (Lipinski definition) is 6. The Morgan fingerprint density at radius 2 is 1.91 bits per heavy atom. The highest BCUT2D eigenvalue weighted by Crippen LogP contribution is 2.35. The third-order valence-corrected chi connectivity index (χ3v) is 6.87. The van der Waals surface area contributed by atoms with E-state index in [4.69, 9.17) is 9.72 Å². The number of aryl methyl sites for hydroxylation is 1. The van der Waals surface area contributed by atoms with Crippen molar-refractivity contribution in [1.82, 2.24) is 20.1 Å². The zero-order valence-corrected chi connectivity index (χ0v) is 19.7. The number of ether oxygens (including phenoxy) is 1. The Balaban J connectivity index is 1.46. The Labute approximate surface area is 195 Å². The fraction of sp³-hybridized carbons (Fsp3) is 0.600. The van der Waals surface area contributed by atoms with Crippen LogP contribution in [0.25, 0.3) is 0 Å². The summed E-state index contributed by atoms with van der Waals surface area (Å²) in [6.07, 6.45) is 7.15. The SMILES string of the molecule is CCOC(=O)[C@H](c1cccc(Nc2cc(C)[nH]n2)n1)C1CCN(C(=O)C2CCCCC2)CC1. The van der Waals surface area contributed by atoms with Crippen molar-refractivity contribution in [1.29, 1.82) is 0 Å². The average Bonchev–Trinajstić information content (AvgIpc) is 3.24. The number of H-pyrrole nitrogens is 1. The van der Waals surface area contributed by atoms with E-state index in [1.807, 2.05) is 43.0 Å². The smallest absolute Gasteiger partial charge is 0.315 e. The van der Waals surface area contributed by atoms with Crippen molar-refractivity contribution >= 4 is 23.5 Å². The lowest BCUT2D eigenvalue weighted by Crippen LogP contribution is -2.44. The van der Waals surface area contributed by atoms with Crippen LogP contribution in [0.4, 0.5) is 11.6 Å². The number of carbonyl (C=O) groups is 2. The van der Waals surface area contributed by atoms with Crippen LogP contribution in [0, 0.1) is 18.8 Å². The minimum absolute atomic E-state index is 0.0924. The maximum absolute atomic E-state index is 13.0. The van der Waals surface area contributed by atoms with Gasteiger partial charge in [0.05, 0.1) is 12.3 Å².